The van der Waals surface area contributed by atoms with Gasteiger partial charge in [0.1, 0.15) is 6.61 Å². The lowest BCUT2D eigenvalue weighted by Crippen LogP contribution is -2.18. The number of benzene rings is 1. The molecule has 0 aromatic heterocycles. The van der Waals surface area contributed by atoms with Gasteiger partial charge in [0.05, 0.1) is 11.1 Å². The van der Waals surface area contributed by atoms with Gasteiger partial charge >= 0.3 is 6.09 Å². The fraction of sp³-hybridized carbons (Fsp3) is 0.222. The molecule has 1 heterocycles. The summed E-state index contributed by atoms with van der Waals surface area (Å²) in [4.78, 5) is 10.8. The Kier molecular flexibility index (Phi) is 2.65. The van der Waals surface area contributed by atoms with Gasteiger partial charge in [-0.05, 0) is 33.6 Å². The lowest BCUT2D eigenvalue weighted by Gasteiger charge is -2.08. The lowest BCUT2D eigenvalue weighted by atomic mass is 10.1. The summed E-state index contributed by atoms with van der Waals surface area (Å²) in [5.41, 5.74) is 0.948. The Morgan fingerprint density at radius 2 is 2.36 bits per heavy atom. The second-order valence-electron chi connectivity index (χ2n) is 2.97. The number of ether oxygens (including phenoxy) is 1. The van der Waals surface area contributed by atoms with Gasteiger partial charge in [-0.2, -0.15) is 0 Å². The van der Waals surface area contributed by atoms with Crippen molar-refractivity contribution in [3.05, 3.63) is 33.3 Å². The monoisotopic (exact) mass is 275 g/mol. The standard InChI is InChI=1S/C9H7BrClNO2/c10-6-2-1-5(3-7(6)11)8-4-14-9(13)12-8/h1-3,8H,4H2,(H,12,13). The van der Waals surface area contributed by atoms with Crippen molar-refractivity contribution in [3.8, 4) is 0 Å². The summed E-state index contributed by atoms with van der Waals surface area (Å²) in [6.07, 6.45) is -0.381. The quantitative estimate of drug-likeness (QED) is 0.856. The molecule has 1 N–H and O–H groups in total. The summed E-state index contributed by atoms with van der Waals surface area (Å²) >= 11 is 9.23. The second kappa shape index (κ2) is 3.79. The van der Waals surface area contributed by atoms with E-state index in [1.807, 2.05) is 18.2 Å². The van der Waals surface area contributed by atoms with E-state index in [-0.39, 0.29) is 12.1 Å². The van der Waals surface area contributed by atoms with E-state index in [0.29, 0.717) is 11.6 Å². The van der Waals surface area contributed by atoms with E-state index < -0.39 is 0 Å². The highest BCUT2D eigenvalue weighted by Gasteiger charge is 2.23. The molecule has 1 aliphatic heterocycles. The minimum Gasteiger partial charge on any atom is -0.447 e. The lowest BCUT2D eigenvalue weighted by molar-refractivity contribution is 0.177. The molecule has 0 aliphatic carbocycles. The fourth-order valence-electron chi connectivity index (χ4n) is 1.29. The minimum atomic E-state index is -0.381. The number of nitrogens with one attached hydrogen (secondary N) is 1. The van der Waals surface area contributed by atoms with Crippen molar-refractivity contribution in [1.29, 1.82) is 0 Å². The highest BCUT2D eigenvalue weighted by atomic mass is 79.9. The smallest absolute Gasteiger partial charge is 0.407 e. The molecule has 3 nitrogen and oxygen atoms in total. The average Bonchev–Trinajstić information content (AvgIpc) is 2.57. The predicted octanol–water partition coefficient (Wildman–Crippen LogP) is 2.88. The van der Waals surface area contributed by atoms with Crippen LogP contribution in [0.15, 0.2) is 22.7 Å². The number of carbonyl (C=O) groups excluding carboxylic acids is 1. The molecule has 1 saturated heterocycles. The van der Waals surface area contributed by atoms with Crippen LogP contribution >= 0.6 is 27.5 Å². The topological polar surface area (TPSA) is 38.3 Å². The average molecular weight is 277 g/mol. The Balaban J connectivity index is 2.24. The van der Waals surface area contributed by atoms with E-state index in [9.17, 15) is 4.79 Å². The summed E-state index contributed by atoms with van der Waals surface area (Å²) in [5, 5.41) is 3.31. The first-order valence-corrected chi connectivity index (χ1v) is 5.22. The molecular weight excluding hydrogens is 269 g/mol. The van der Waals surface area contributed by atoms with Crippen molar-refractivity contribution in [3.63, 3.8) is 0 Å². The fourth-order valence-corrected chi connectivity index (χ4v) is 1.73. The van der Waals surface area contributed by atoms with E-state index in [2.05, 4.69) is 21.2 Å². The van der Waals surface area contributed by atoms with Gasteiger partial charge in [0.2, 0.25) is 0 Å². The summed E-state index contributed by atoms with van der Waals surface area (Å²) in [6, 6.07) is 5.47. The summed E-state index contributed by atoms with van der Waals surface area (Å²) in [5.74, 6) is 0. The molecule has 1 amide bonds. The molecule has 0 bridgehead atoms. The molecule has 1 aliphatic rings. The van der Waals surface area contributed by atoms with Gasteiger partial charge in [0, 0.05) is 4.47 Å². The zero-order valence-corrected chi connectivity index (χ0v) is 9.43. The minimum absolute atomic E-state index is 0.0897. The van der Waals surface area contributed by atoms with Crippen molar-refractivity contribution in [1.82, 2.24) is 5.32 Å². The van der Waals surface area contributed by atoms with Gasteiger partial charge in [0.15, 0.2) is 0 Å². The van der Waals surface area contributed by atoms with Crippen molar-refractivity contribution in [2.75, 3.05) is 6.61 Å². The van der Waals surface area contributed by atoms with Gasteiger partial charge < -0.3 is 10.1 Å². The van der Waals surface area contributed by atoms with Gasteiger partial charge in [-0.15, -0.1) is 0 Å². The molecule has 1 fully saturated rings. The van der Waals surface area contributed by atoms with Crippen LogP contribution in [-0.4, -0.2) is 12.7 Å². The van der Waals surface area contributed by atoms with Crippen LogP contribution in [0.3, 0.4) is 0 Å². The van der Waals surface area contributed by atoms with Gasteiger partial charge in [-0.1, -0.05) is 17.7 Å². The first kappa shape index (κ1) is 9.80. The third kappa shape index (κ3) is 1.86. The molecule has 1 atom stereocenters. The maximum atomic E-state index is 10.8. The van der Waals surface area contributed by atoms with Crippen molar-refractivity contribution in [2.45, 2.75) is 6.04 Å². The molecule has 0 saturated carbocycles. The first-order valence-electron chi connectivity index (χ1n) is 4.05. The highest BCUT2D eigenvalue weighted by Crippen LogP contribution is 2.27. The number of halogens is 2. The SMILES string of the molecule is O=C1NC(c2ccc(Br)c(Cl)c2)CO1. The van der Waals surface area contributed by atoms with E-state index in [1.54, 1.807) is 0 Å². The van der Waals surface area contributed by atoms with Crippen LogP contribution in [0.25, 0.3) is 0 Å². The van der Waals surface area contributed by atoms with Crippen LogP contribution in [0, 0.1) is 0 Å². The summed E-state index contributed by atoms with van der Waals surface area (Å²) in [7, 11) is 0. The number of alkyl carbamates (subject to hydrolysis) is 1. The zero-order valence-electron chi connectivity index (χ0n) is 7.09. The number of amides is 1. The van der Waals surface area contributed by atoms with Gasteiger partial charge in [-0.25, -0.2) is 4.79 Å². The molecule has 1 aromatic carbocycles. The first-order chi connectivity index (χ1) is 6.66. The zero-order chi connectivity index (χ0) is 10.1. The van der Waals surface area contributed by atoms with Crippen molar-refractivity contribution >= 4 is 33.6 Å². The Morgan fingerprint density at radius 1 is 1.57 bits per heavy atom. The molecule has 5 heteroatoms. The third-order valence-electron chi connectivity index (χ3n) is 2.02. The van der Waals surface area contributed by atoms with E-state index in [0.717, 1.165) is 10.0 Å². The Bertz CT molecular complexity index is 383. The second-order valence-corrected chi connectivity index (χ2v) is 4.23. The molecule has 0 spiro atoms. The van der Waals surface area contributed by atoms with Crippen LogP contribution < -0.4 is 5.32 Å². The van der Waals surface area contributed by atoms with Crippen LogP contribution in [0.2, 0.25) is 5.02 Å². The molecule has 2 rings (SSSR count). The van der Waals surface area contributed by atoms with Crippen LogP contribution in [-0.2, 0) is 4.74 Å². The molecule has 1 aromatic rings. The normalized spacial score (nSPS) is 20.4. The summed E-state index contributed by atoms with van der Waals surface area (Å²) < 4.78 is 5.63. The molecule has 74 valence electrons. The Hall–Kier alpha value is -0.740. The summed E-state index contributed by atoms with van der Waals surface area (Å²) in [6.45, 7) is 0.358. The van der Waals surface area contributed by atoms with Crippen LogP contribution in [0.4, 0.5) is 4.79 Å². The van der Waals surface area contributed by atoms with Gasteiger partial charge in [0.25, 0.3) is 0 Å². The Morgan fingerprint density at radius 3 is 2.93 bits per heavy atom. The largest absolute Gasteiger partial charge is 0.447 e. The van der Waals surface area contributed by atoms with Crippen molar-refractivity contribution in [2.24, 2.45) is 0 Å². The molecule has 1 unspecified atom stereocenters. The number of carbonyl (C=O) groups is 1. The number of hydrogen-bond acceptors (Lipinski definition) is 2. The number of cyclic esters (lactones) is 1. The molecular formula is C9H7BrClNO2. The maximum Gasteiger partial charge on any atom is 0.407 e. The van der Waals surface area contributed by atoms with Crippen LogP contribution in [0.1, 0.15) is 11.6 Å². The molecule has 0 radical (unpaired) electrons. The van der Waals surface area contributed by atoms with Crippen molar-refractivity contribution < 1.29 is 9.53 Å². The number of hydrogen-bond donors (Lipinski definition) is 1. The van der Waals surface area contributed by atoms with Crippen LogP contribution in [0.5, 0.6) is 0 Å². The van der Waals surface area contributed by atoms with E-state index in [1.165, 1.54) is 0 Å². The Labute approximate surface area is 94.5 Å². The van der Waals surface area contributed by atoms with E-state index in [4.69, 9.17) is 16.3 Å². The van der Waals surface area contributed by atoms with Gasteiger partial charge in [-0.3, -0.25) is 0 Å². The molecule has 14 heavy (non-hydrogen) atoms. The predicted molar refractivity (Wildman–Crippen MR) is 56.4 cm³/mol. The number of rotatable bonds is 1. The third-order valence-corrected chi connectivity index (χ3v) is 3.25. The highest BCUT2D eigenvalue weighted by molar-refractivity contribution is 9.10. The maximum absolute atomic E-state index is 10.8. The van der Waals surface area contributed by atoms with E-state index >= 15 is 0 Å².